The number of halogens is 1. The van der Waals surface area contributed by atoms with Crippen LogP contribution in [0, 0.1) is 17.1 Å². The topological polar surface area (TPSA) is 65.8 Å². The van der Waals surface area contributed by atoms with E-state index >= 15 is 0 Å². The molecule has 0 aliphatic heterocycles. The van der Waals surface area contributed by atoms with Crippen LogP contribution >= 0.6 is 11.3 Å². The summed E-state index contributed by atoms with van der Waals surface area (Å²) >= 11 is 1.48. The number of amides is 1. The number of rotatable bonds is 5. The van der Waals surface area contributed by atoms with Crippen molar-refractivity contribution in [1.82, 2.24) is 4.98 Å². The van der Waals surface area contributed by atoms with E-state index in [1.807, 2.05) is 11.4 Å². The molecule has 3 aromatic rings. The molecule has 0 spiro atoms. The van der Waals surface area contributed by atoms with E-state index in [2.05, 4.69) is 10.3 Å². The van der Waals surface area contributed by atoms with Crippen molar-refractivity contribution in [3.63, 3.8) is 0 Å². The summed E-state index contributed by atoms with van der Waals surface area (Å²) in [6.07, 6.45) is 0.852. The molecule has 0 saturated heterocycles. The maximum Gasteiger partial charge on any atom is 0.224 e. The summed E-state index contributed by atoms with van der Waals surface area (Å²) in [6.45, 7) is 0. The lowest BCUT2D eigenvalue weighted by atomic mass is 10.2. The van der Waals surface area contributed by atoms with Gasteiger partial charge in [-0.15, -0.1) is 11.3 Å². The van der Waals surface area contributed by atoms with Crippen molar-refractivity contribution < 1.29 is 9.18 Å². The quantitative estimate of drug-likeness (QED) is 0.741. The van der Waals surface area contributed by atoms with Gasteiger partial charge in [0.05, 0.1) is 22.3 Å². The van der Waals surface area contributed by atoms with Crippen LogP contribution in [0.25, 0.3) is 11.3 Å². The predicted octanol–water partition coefficient (Wildman–Crippen LogP) is 4.39. The van der Waals surface area contributed by atoms with Crippen LogP contribution in [0.3, 0.4) is 0 Å². The van der Waals surface area contributed by atoms with E-state index in [-0.39, 0.29) is 11.7 Å². The van der Waals surface area contributed by atoms with Gasteiger partial charge >= 0.3 is 0 Å². The molecule has 6 heteroatoms. The Morgan fingerprint density at radius 1 is 1.16 bits per heavy atom. The number of carbonyl (C=O) groups excluding carboxylic acids is 1. The van der Waals surface area contributed by atoms with Crippen LogP contribution in [0.15, 0.2) is 53.9 Å². The number of hydrogen-bond donors (Lipinski definition) is 1. The number of carbonyl (C=O) groups is 1. The van der Waals surface area contributed by atoms with Crippen molar-refractivity contribution in [2.45, 2.75) is 12.8 Å². The van der Waals surface area contributed by atoms with E-state index in [4.69, 9.17) is 5.26 Å². The van der Waals surface area contributed by atoms with Gasteiger partial charge in [0.2, 0.25) is 5.91 Å². The van der Waals surface area contributed by atoms with Gasteiger partial charge in [0.25, 0.3) is 0 Å². The number of benzene rings is 2. The minimum absolute atomic E-state index is 0.108. The summed E-state index contributed by atoms with van der Waals surface area (Å²) in [5.41, 5.74) is 2.85. The van der Waals surface area contributed by atoms with Crippen LogP contribution in [-0.2, 0) is 11.2 Å². The van der Waals surface area contributed by atoms with E-state index in [0.29, 0.717) is 24.1 Å². The van der Waals surface area contributed by atoms with E-state index < -0.39 is 0 Å². The highest BCUT2D eigenvalue weighted by molar-refractivity contribution is 7.09. The highest BCUT2D eigenvalue weighted by Gasteiger charge is 2.08. The molecule has 0 fully saturated rings. The molecule has 2 aromatic carbocycles. The Labute approximate surface area is 148 Å². The van der Waals surface area contributed by atoms with Gasteiger partial charge in [-0.2, -0.15) is 5.26 Å². The molecule has 0 radical (unpaired) electrons. The molecular formula is C19H14FN3OS. The smallest absolute Gasteiger partial charge is 0.224 e. The molecule has 1 heterocycles. The zero-order chi connectivity index (χ0) is 17.6. The van der Waals surface area contributed by atoms with Crippen molar-refractivity contribution in [2.24, 2.45) is 0 Å². The second-order valence-electron chi connectivity index (χ2n) is 5.37. The lowest BCUT2D eigenvalue weighted by Crippen LogP contribution is -2.12. The molecule has 0 aliphatic carbocycles. The van der Waals surface area contributed by atoms with Crippen molar-refractivity contribution in [2.75, 3.05) is 5.32 Å². The molecule has 0 unspecified atom stereocenters. The van der Waals surface area contributed by atoms with Crippen LogP contribution < -0.4 is 5.32 Å². The number of nitrogens with one attached hydrogen (secondary N) is 1. The molecule has 0 aliphatic rings. The van der Waals surface area contributed by atoms with E-state index in [9.17, 15) is 9.18 Å². The molecule has 1 N–H and O–H groups in total. The first-order valence-corrected chi connectivity index (χ1v) is 8.52. The fraction of sp³-hybridized carbons (Fsp3) is 0.105. The van der Waals surface area contributed by atoms with Crippen LogP contribution in [0.5, 0.6) is 0 Å². The molecule has 0 bridgehead atoms. The van der Waals surface area contributed by atoms with Gasteiger partial charge in [-0.25, -0.2) is 9.37 Å². The summed E-state index contributed by atoms with van der Waals surface area (Å²) in [5.74, 6) is -0.387. The standard InChI is InChI=1S/C19H14FN3OS/c20-15-5-3-14(4-6-15)17-12-25-19(23-17)10-9-18(24)22-16-7-1-13(11-21)2-8-16/h1-8,12H,9-10H2,(H,22,24). The highest BCUT2D eigenvalue weighted by Crippen LogP contribution is 2.23. The second kappa shape index (κ2) is 7.69. The third-order valence-corrected chi connectivity index (χ3v) is 4.46. The SMILES string of the molecule is N#Cc1ccc(NC(=O)CCc2nc(-c3ccc(F)cc3)cs2)cc1. The number of hydrogen-bond acceptors (Lipinski definition) is 4. The van der Waals surface area contributed by atoms with E-state index in [1.54, 1.807) is 36.4 Å². The van der Waals surface area contributed by atoms with Gasteiger partial charge in [-0.1, -0.05) is 0 Å². The average molecular weight is 351 g/mol. The maximum atomic E-state index is 13.0. The molecule has 25 heavy (non-hydrogen) atoms. The number of nitrogens with zero attached hydrogens (tertiary/aromatic N) is 2. The Balaban J connectivity index is 1.55. The minimum atomic E-state index is -0.279. The molecule has 1 amide bonds. The number of aryl methyl sites for hydroxylation is 1. The summed E-state index contributed by atoms with van der Waals surface area (Å²) < 4.78 is 13.0. The molecule has 0 saturated carbocycles. The molecule has 1 aromatic heterocycles. The van der Waals surface area contributed by atoms with Gasteiger partial charge < -0.3 is 5.32 Å². The fourth-order valence-electron chi connectivity index (χ4n) is 2.25. The zero-order valence-electron chi connectivity index (χ0n) is 13.2. The first-order valence-electron chi connectivity index (χ1n) is 7.64. The predicted molar refractivity (Wildman–Crippen MR) is 95.6 cm³/mol. The molecular weight excluding hydrogens is 337 g/mol. The number of aromatic nitrogens is 1. The first-order chi connectivity index (χ1) is 12.1. The van der Waals surface area contributed by atoms with Crippen molar-refractivity contribution >= 4 is 22.9 Å². The van der Waals surface area contributed by atoms with Crippen molar-refractivity contribution in [3.05, 3.63) is 70.3 Å². The highest BCUT2D eigenvalue weighted by atomic mass is 32.1. The van der Waals surface area contributed by atoms with Gasteiger partial charge in [-0.05, 0) is 48.5 Å². The Morgan fingerprint density at radius 3 is 2.56 bits per heavy atom. The van der Waals surface area contributed by atoms with E-state index in [0.717, 1.165) is 16.3 Å². The number of nitriles is 1. The Hall–Kier alpha value is -3.04. The fourth-order valence-corrected chi connectivity index (χ4v) is 3.06. The monoisotopic (exact) mass is 351 g/mol. The third kappa shape index (κ3) is 4.49. The minimum Gasteiger partial charge on any atom is -0.326 e. The number of thiazole rings is 1. The van der Waals surface area contributed by atoms with Gasteiger partial charge in [0.1, 0.15) is 5.82 Å². The summed E-state index contributed by atoms with van der Waals surface area (Å²) in [4.78, 5) is 16.5. The molecule has 124 valence electrons. The lowest BCUT2D eigenvalue weighted by Gasteiger charge is -2.04. The van der Waals surface area contributed by atoms with Crippen LogP contribution in [0.2, 0.25) is 0 Å². The van der Waals surface area contributed by atoms with Crippen LogP contribution in [0.4, 0.5) is 10.1 Å². The molecule has 3 rings (SSSR count). The van der Waals surface area contributed by atoms with Crippen LogP contribution in [0.1, 0.15) is 17.0 Å². The average Bonchev–Trinajstić information content (AvgIpc) is 3.10. The summed E-state index contributed by atoms with van der Waals surface area (Å²) in [7, 11) is 0. The Morgan fingerprint density at radius 2 is 1.88 bits per heavy atom. The van der Waals surface area contributed by atoms with Crippen molar-refractivity contribution in [3.8, 4) is 17.3 Å². The van der Waals surface area contributed by atoms with E-state index in [1.165, 1.54) is 23.5 Å². The van der Waals surface area contributed by atoms with Gasteiger partial charge in [-0.3, -0.25) is 4.79 Å². The van der Waals surface area contributed by atoms with Gasteiger partial charge in [0, 0.05) is 29.5 Å². The molecule has 0 atom stereocenters. The Bertz CT molecular complexity index is 911. The van der Waals surface area contributed by atoms with Gasteiger partial charge in [0.15, 0.2) is 0 Å². The summed E-state index contributed by atoms with van der Waals surface area (Å²) in [6, 6.07) is 14.9. The largest absolute Gasteiger partial charge is 0.326 e. The lowest BCUT2D eigenvalue weighted by molar-refractivity contribution is -0.116. The van der Waals surface area contributed by atoms with Crippen LogP contribution in [-0.4, -0.2) is 10.9 Å². The Kier molecular flexibility index (Phi) is 5.17. The molecule has 4 nitrogen and oxygen atoms in total. The normalized spacial score (nSPS) is 10.2. The zero-order valence-corrected chi connectivity index (χ0v) is 14.0. The third-order valence-electron chi connectivity index (χ3n) is 3.56. The first kappa shape index (κ1) is 16.8. The van der Waals surface area contributed by atoms with Crippen molar-refractivity contribution in [1.29, 1.82) is 5.26 Å². The summed E-state index contributed by atoms with van der Waals surface area (Å²) in [5, 5.41) is 14.3. The number of anilines is 1. The maximum absolute atomic E-state index is 13.0. The second-order valence-corrected chi connectivity index (χ2v) is 6.31.